The molecular weight excluding hydrogens is 477 g/mol. The zero-order valence-electron chi connectivity index (χ0n) is 18.2. The van der Waals surface area contributed by atoms with Gasteiger partial charge < -0.3 is 4.57 Å². The Morgan fingerprint density at radius 1 is 1.15 bits per heavy atom. The SMILES string of the molecule is CCCC1=NC(Cl)=C[N+]1(Cc1cccc2c1ccn2-c1ccccc1-c1nn[nH]n1)P(=O)(O)O. The van der Waals surface area contributed by atoms with Crippen LogP contribution in [0.4, 0.5) is 0 Å². The molecule has 0 aliphatic carbocycles. The highest BCUT2D eigenvalue weighted by Gasteiger charge is 2.52. The zero-order chi connectivity index (χ0) is 23.9. The van der Waals surface area contributed by atoms with Gasteiger partial charge in [-0.05, 0) is 35.9 Å². The van der Waals surface area contributed by atoms with Crippen LogP contribution in [-0.4, -0.2) is 45.1 Å². The Kier molecular flexibility index (Phi) is 5.71. The minimum atomic E-state index is -4.69. The van der Waals surface area contributed by atoms with E-state index in [9.17, 15) is 14.4 Å². The number of hydrogen-bond donors (Lipinski definition) is 3. The lowest BCUT2D eigenvalue weighted by Crippen LogP contribution is -2.42. The lowest BCUT2D eigenvalue weighted by Gasteiger charge is -2.31. The first-order valence-electron chi connectivity index (χ1n) is 10.7. The van der Waals surface area contributed by atoms with Crippen molar-refractivity contribution in [2.75, 3.05) is 0 Å². The summed E-state index contributed by atoms with van der Waals surface area (Å²) in [7, 11) is -4.69. The van der Waals surface area contributed by atoms with Crippen molar-refractivity contribution in [1.82, 2.24) is 25.2 Å². The highest BCUT2D eigenvalue weighted by molar-refractivity contribution is 7.46. The first kappa shape index (κ1) is 22.6. The smallest absolute Gasteiger partial charge is 0.316 e. The van der Waals surface area contributed by atoms with E-state index < -0.39 is 12.0 Å². The molecule has 0 saturated heterocycles. The maximum absolute atomic E-state index is 12.8. The predicted molar refractivity (Wildman–Crippen MR) is 129 cm³/mol. The second kappa shape index (κ2) is 8.57. The van der Waals surface area contributed by atoms with E-state index in [0.717, 1.165) is 27.7 Å². The lowest BCUT2D eigenvalue weighted by molar-refractivity contribution is -0.686. The van der Waals surface area contributed by atoms with Crippen LogP contribution in [0.1, 0.15) is 25.3 Å². The molecule has 12 heteroatoms. The van der Waals surface area contributed by atoms with E-state index in [1.165, 1.54) is 6.20 Å². The van der Waals surface area contributed by atoms with Gasteiger partial charge in [0.2, 0.25) is 11.7 Å². The molecule has 174 valence electrons. The number of quaternary nitrogens is 1. The number of halogens is 1. The van der Waals surface area contributed by atoms with Crippen molar-refractivity contribution in [2.45, 2.75) is 26.3 Å². The van der Waals surface area contributed by atoms with Crippen molar-refractivity contribution in [2.24, 2.45) is 4.99 Å². The molecule has 3 N–H and O–H groups in total. The Morgan fingerprint density at radius 3 is 2.71 bits per heavy atom. The molecule has 0 bridgehead atoms. The molecule has 1 aliphatic rings. The van der Waals surface area contributed by atoms with Crippen molar-refractivity contribution in [3.05, 3.63) is 71.6 Å². The molecule has 0 spiro atoms. The third-order valence-electron chi connectivity index (χ3n) is 5.93. The largest absolute Gasteiger partial charge is 0.537 e. The van der Waals surface area contributed by atoms with Crippen LogP contribution in [0, 0.1) is 0 Å². The summed E-state index contributed by atoms with van der Waals surface area (Å²) in [6.45, 7) is 1.96. The molecule has 3 heterocycles. The fourth-order valence-corrected chi connectivity index (χ4v) is 5.78. The molecule has 1 unspecified atom stereocenters. The van der Waals surface area contributed by atoms with E-state index in [0.29, 0.717) is 24.5 Å². The number of para-hydroxylation sites is 1. The number of H-pyrrole nitrogens is 1. The summed E-state index contributed by atoms with van der Waals surface area (Å²) in [6.07, 6.45) is 4.38. The fourth-order valence-electron chi connectivity index (χ4n) is 4.40. The highest BCUT2D eigenvalue weighted by Crippen LogP contribution is 2.54. The number of benzene rings is 2. The third kappa shape index (κ3) is 3.70. The van der Waals surface area contributed by atoms with Crippen LogP contribution in [0.25, 0.3) is 28.0 Å². The monoisotopic (exact) mass is 498 g/mol. The van der Waals surface area contributed by atoms with E-state index in [1.807, 2.05) is 66.2 Å². The van der Waals surface area contributed by atoms with E-state index in [-0.39, 0.29) is 11.7 Å². The van der Waals surface area contributed by atoms with Gasteiger partial charge in [-0.3, -0.25) is 9.79 Å². The first-order valence-corrected chi connectivity index (χ1v) is 12.6. The third-order valence-corrected chi connectivity index (χ3v) is 7.53. The molecule has 10 nitrogen and oxygen atoms in total. The van der Waals surface area contributed by atoms with E-state index in [1.54, 1.807) is 0 Å². The fraction of sp³-hybridized carbons (Fsp3) is 0.182. The Balaban J connectivity index is 1.64. The number of fused-ring (bicyclic) bond motifs is 1. The standard InChI is InChI=1S/C22H21ClN7O3P/c1-2-6-21-24-20(23)14-30(21,34(31,32)33)13-15-7-5-10-18-16(15)11-12-29(18)19-9-4-3-8-17(19)22-25-27-28-26-22/h3-5,7-12,14H,2,6,13H2,1H3,(H2-,25,26,27,28,31,32,33)/p+1. The van der Waals surface area contributed by atoms with Crippen molar-refractivity contribution in [3.8, 4) is 17.1 Å². The summed E-state index contributed by atoms with van der Waals surface area (Å²) in [5.74, 6) is 0.830. The second-order valence-electron chi connectivity index (χ2n) is 8.02. The summed E-state index contributed by atoms with van der Waals surface area (Å²) in [4.78, 5) is 25.1. The van der Waals surface area contributed by atoms with Crippen LogP contribution in [-0.2, 0) is 11.1 Å². The van der Waals surface area contributed by atoms with Crippen LogP contribution in [0.3, 0.4) is 0 Å². The van der Waals surface area contributed by atoms with Crippen molar-refractivity contribution >= 4 is 36.1 Å². The summed E-state index contributed by atoms with van der Waals surface area (Å²) in [5.41, 5.74) is 3.29. The van der Waals surface area contributed by atoms with Gasteiger partial charge in [0.25, 0.3) is 0 Å². The number of nitrogens with one attached hydrogen (secondary N) is 1. The van der Waals surface area contributed by atoms with Gasteiger partial charge in [-0.2, -0.15) is 14.5 Å². The molecule has 1 aliphatic heterocycles. The topological polar surface area (TPSA) is 129 Å². The Morgan fingerprint density at radius 2 is 1.97 bits per heavy atom. The normalized spacial score (nSPS) is 18.4. The minimum Gasteiger partial charge on any atom is -0.316 e. The highest BCUT2D eigenvalue weighted by atomic mass is 35.5. The van der Waals surface area contributed by atoms with E-state index in [4.69, 9.17) is 11.6 Å². The number of nitrogens with zero attached hydrogens (tertiary/aromatic N) is 6. The average Bonchev–Trinajstić information content (AvgIpc) is 3.54. The number of aliphatic imine (C=N–C) groups is 1. The van der Waals surface area contributed by atoms with Crippen LogP contribution in [0.5, 0.6) is 0 Å². The second-order valence-corrected chi connectivity index (χ2v) is 10.1. The minimum absolute atomic E-state index is 0.0210. The number of amidine groups is 1. The maximum atomic E-state index is 12.8. The number of rotatable bonds is 7. The quantitative estimate of drug-likeness (QED) is 0.254. The van der Waals surface area contributed by atoms with Crippen LogP contribution >= 0.6 is 19.3 Å². The van der Waals surface area contributed by atoms with Gasteiger partial charge in [0, 0.05) is 29.1 Å². The molecule has 2 aromatic heterocycles. The molecule has 0 fully saturated rings. The predicted octanol–water partition coefficient (Wildman–Crippen LogP) is 4.47. The van der Waals surface area contributed by atoms with Gasteiger partial charge in [-0.1, -0.05) is 42.8 Å². The van der Waals surface area contributed by atoms with Crippen LogP contribution in [0.2, 0.25) is 0 Å². The van der Waals surface area contributed by atoms with Crippen molar-refractivity contribution in [3.63, 3.8) is 0 Å². The van der Waals surface area contributed by atoms with Crippen molar-refractivity contribution < 1.29 is 18.6 Å². The molecule has 4 aromatic rings. The first-order chi connectivity index (χ1) is 16.3. The summed E-state index contributed by atoms with van der Waals surface area (Å²) in [6, 6.07) is 15.3. The summed E-state index contributed by atoms with van der Waals surface area (Å²) in [5, 5.41) is 15.3. The number of aromatic amines is 1. The molecule has 5 rings (SSSR count). The van der Waals surface area contributed by atoms with Crippen LogP contribution in [0.15, 0.2) is 71.1 Å². The molecule has 0 saturated carbocycles. The maximum Gasteiger partial charge on any atom is 0.537 e. The molecule has 0 amide bonds. The summed E-state index contributed by atoms with van der Waals surface area (Å²) < 4.78 is 14.1. The zero-order valence-corrected chi connectivity index (χ0v) is 19.9. The van der Waals surface area contributed by atoms with Gasteiger partial charge in [0.1, 0.15) is 12.7 Å². The molecule has 0 radical (unpaired) electrons. The number of aromatic nitrogens is 5. The number of tetrazole rings is 1. The molecule has 2 aromatic carbocycles. The Bertz CT molecular complexity index is 1470. The Labute approximate surface area is 200 Å². The lowest BCUT2D eigenvalue weighted by atomic mass is 10.1. The van der Waals surface area contributed by atoms with Gasteiger partial charge in [-0.25, -0.2) is 4.57 Å². The van der Waals surface area contributed by atoms with E-state index in [2.05, 4.69) is 25.6 Å². The molecule has 1 atom stereocenters. The Hall–Kier alpha value is -3.14. The molecule has 34 heavy (non-hydrogen) atoms. The van der Waals surface area contributed by atoms with Gasteiger partial charge >= 0.3 is 7.75 Å². The van der Waals surface area contributed by atoms with Crippen LogP contribution < -0.4 is 0 Å². The van der Waals surface area contributed by atoms with Crippen molar-refractivity contribution in [1.29, 1.82) is 0 Å². The van der Waals surface area contributed by atoms with Gasteiger partial charge in [0.05, 0.1) is 11.2 Å². The molecular formula is C22H22ClN7O3P+. The van der Waals surface area contributed by atoms with E-state index >= 15 is 0 Å². The number of hydrogen-bond acceptors (Lipinski definition) is 5. The van der Waals surface area contributed by atoms with Gasteiger partial charge in [0.15, 0.2) is 5.16 Å². The van der Waals surface area contributed by atoms with Gasteiger partial charge in [-0.15, -0.1) is 10.2 Å². The summed E-state index contributed by atoms with van der Waals surface area (Å²) >= 11 is 6.16. The average molecular weight is 499 g/mol.